The first-order chi connectivity index (χ1) is 12.4. The van der Waals surface area contributed by atoms with E-state index in [-0.39, 0.29) is 5.56 Å². The van der Waals surface area contributed by atoms with Gasteiger partial charge in [0.15, 0.2) is 6.61 Å². The number of esters is 1. The Morgan fingerprint density at radius 3 is 2.46 bits per heavy atom. The van der Waals surface area contributed by atoms with E-state index >= 15 is 0 Å². The second-order valence-electron chi connectivity index (χ2n) is 6.48. The number of benzene rings is 2. The van der Waals surface area contributed by atoms with Crippen molar-refractivity contribution in [1.82, 2.24) is 5.32 Å². The van der Waals surface area contributed by atoms with Crippen LogP contribution in [0.1, 0.15) is 36.9 Å². The molecule has 1 N–H and O–H groups in total. The van der Waals surface area contributed by atoms with E-state index in [1.807, 2.05) is 30.3 Å². The van der Waals surface area contributed by atoms with Crippen molar-refractivity contribution in [3.8, 4) is 0 Å². The van der Waals surface area contributed by atoms with Gasteiger partial charge in [-0.1, -0.05) is 36.4 Å². The summed E-state index contributed by atoms with van der Waals surface area (Å²) >= 11 is 0. The first-order valence-corrected chi connectivity index (χ1v) is 8.39. The minimum atomic E-state index is -0.740. The summed E-state index contributed by atoms with van der Waals surface area (Å²) < 4.78 is 31.9. The fraction of sp³-hybridized carbons (Fsp3) is 0.300. The molecule has 1 amide bonds. The van der Waals surface area contributed by atoms with Crippen LogP contribution in [-0.4, -0.2) is 18.5 Å². The third kappa shape index (κ3) is 3.74. The molecule has 6 heteroatoms. The average molecular weight is 359 g/mol. The molecule has 1 aliphatic carbocycles. The number of amides is 1. The summed E-state index contributed by atoms with van der Waals surface area (Å²) in [6.07, 6.45) is 1.38. The van der Waals surface area contributed by atoms with Gasteiger partial charge in [-0.2, -0.15) is 0 Å². The standard InChI is InChI=1S/C20H19F2NO3/c1-13(16-8-7-15(21)11-17(16)22)23-18(24)12-26-19(25)20(9-10-20)14-5-3-2-4-6-14/h2-8,11,13H,9-10,12H2,1H3,(H,23,24)/t13-/m1/s1. The monoisotopic (exact) mass is 359 g/mol. The summed E-state index contributed by atoms with van der Waals surface area (Å²) in [5.74, 6) is -2.40. The molecule has 1 aliphatic rings. The van der Waals surface area contributed by atoms with Crippen molar-refractivity contribution < 1.29 is 23.1 Å². The maximum Gasteiger partial charge on any atom is 0.317 e. The van der Waals surface area contributed by atoms with Gasteiger partial charge in [0.1, 0.15) is 11.6 Å². The molecule has 2 aromatic carbocycles. The molecule has 0 aliphatic heterocycles. The minimum Gasteiger partial charge on any atom is -0.455 e. The van der Waals surface area contributed by atoms with E-state index in [0.29, 0.717) is 12.8 Å². The molecule has 0 heterocycles. The molecule has 2 aromatic rings. The van der Waals surface area contributed by atoms with Gasteiger partial charge in [0, 0.05) is 11.6 Å². The van der Waals surface area contributed by atoms with Gasteiger partial charge in [-0.25, -0.2) is 8.78 Å². The van der Waals surface area contributed by atoms with Crippen molar-refractivity contribution in [2.75, 3.05) is 6.61 Å². The maximum absolute atomic E-state index is 13.7. The van der Waals surface area contributed by atoms with Crippen LogP contribution in [0.15, 0.2) is 48.5 Å². The third-order valence-electron chi connectivity index (χ3n) is 4.61. The Kier molecular flexibility index (Phi) is 5.02. The van der Waals surface area contributed by atoms with Crippen molar-refractivity contribution in [3.05, 3.63) is 71.3 Å². The van der Waals surface area contributed by atoms with E-state index < -0.39 is 41.6 Å². The molecular weight excluding hydrogens is 340 g/mol. The van der Waals surface area contributed by atoms with Crippen molar-refractivity contribution in [1.29, 1.82) is 0 Å². The normalized spacial score (nSPS) is 15.8. The van der Waals surface area contributed by atoms with E-state index in [4.69, 9.17) is 4.74 Å². The Morgan fingerprint density at radius 1 is 1.15 bits per heavy atom. The highest BCUT2D eigenvalue weighted by Crippen LogP contribution is 2.49. The third-order valence-corrected chi connectivity index (χ3v) is 4.61. The summed E-state index contributed by atoms with van der Waals surface area (Å²) in [5, 5.41) is 2.54. The second kappa shape index (κ2) is 7.23. The smallest absolute Gasteiger partial charge is 0.317 e. The summed E-state index contributed by atoms with van der Waals surface area (Å²) in [4.78, 5) is 24.4. The molecule has 26 heavy (non-hydrogen) atoms. The van der Waals surface area contributed by atoms with E-state index in [1.54, 1.807) is 6.92 Å². The molecule has 136 valence electrons. The molecule has 1 atom stereocenters. The van der Waals surface area contributed by atoms with Crippen molar-refractivity contribution in [3.63, 3.8) is 0 Å². The van der Waals surface area contributed by atoms with E-state index in [2.05, 4.69) is 5.32 Å². The summed E-state index contributed by atoms with van der Waals surface area (Å²) in [6, 6.07) is 11.8. The molecular formula is C20H19F2NO3. The highest BCUT2D eigenvalue weighted by atomic mass is 19.1. The Bertz CT molecular complexity index is 819. The summed E-state index contributed by atoms with van der Waals surface area (Å²) in [6.45, 7) is 1.13. The largest absolute Gasteiger partial charge is 0.455 e. The molecule has 0 unspecified atom stereocenters. The highest BCUT2D eigenvalue weighted by molar-refractivity contribution is 5.89. The lowest BCUT2D eigenvalue weighted by Crippen LogP contribution is -2.33. The zero-order chi connectivity index (χ0) is 18.7. The van der Waals surface area contributed by atoms with Crippen LogP contribution >= 0.6 is 0 Å². The Balaban J connectivity index is 1.55. The molecule has 3 rings (SSSR count). The van der Waals surface area contributed by atoms with Gasteiger partial charge in [0.05, 0.1) is 11.5 Å². The van der Waals surface area contributed by atoms with Crippen molar-refractivity contribution in [2.45, 2.75) is 31.2 Å². The molecule has 0 aromatic heterocycles. The molecule has 4 nitrogen and oxygen atoms in total. The van der Waals surface area contributed by atoms with Crippen LogP contribution in [0.25, 0.3) is 0 Å². The van der Waals surface area contributed by atoms with Gasteiger partial charge in [0.2, 0.25) is 0 Å². The summed E-state index contributed by atoms with van der Waals surface area (Å²) in [7, 11) is 0. The molecule has 0 radical (unpaired) electrons. The van der Waals surface area contributed by atoms with Crippen LogP contribution in [-0.2, 0) is 19.7 Å². The SMILES string of the molecule is C[C@@H](NC(=O)COC(=O)C1(c2ccccc2)CC1)c1ccc(F)cc1F. The quantitative estimate of drug-likeness (QED) is 0.804. The van der Waals surface area contributed by atoms with E-state index in [1.165, 1.54) is 6.07 Å². The number of nitrogens with one attached hydrogen (secondary N) is 1. The molecule has 0 saturated heterocycles. The lowest BCUT2D eigenvalue weighted by Gasteiger charge is -2.17. The first-order valence-electron chi connectivity index (χ1n) is 8.39. The van der Waals surface area contributed by atoms with Gasteiger partial charge in [-0.15, -0.1) is 0 Å². The molecule has 1 fully saturated rings. The van der Waals surface area contributed by atoms with Crippen LogP contribution in [0.2, 0.25) is 0 Å². The van der Waals surface area contributed by atoms with Crippen LogP contribution in [0.4, 0.5) is 8.78 Å². The zero-order valence-corrected chi connectivity index (χ0v) is 14.3. The van der Waals surface area contributed by atoms with E-state index in [9.17, 15) is 18.4 Å². The van der Waals surface area contributed by atoms with Gasteiger partial charge >= 0.3 is 5.97 Å². The second-order valence-corrected chi connectivity index (χ2v) is 6.48. The van der Waals surface area contributed by atoms with Crippen LogP contribution in [0.3, 0.4) is 0 Å². The number of hydrogen-bond acceptors (Lipinski definition) is 3. The van der Waals surface area contributed by atoms with Crippen molar-refractivity contribution in [2.24, 2.45) is 0 Å². The molecule has 0 bridgehead atoms. The van der Waals surface area contributed by atoms with Gasteiger partial charge in [-0.05, 0) is 31.4 Å². The molecule has 1 saturated carbocycles. The van der Waals surface area contributed by atoms with Crippen molar-refractivity contribution >= 4 is 11.9 Å². The van der Waals surface area contributed by atoms with Gasteiger partial charge in [0.25, 0.3) is 5.91 Å². The Hall–Kier alpha value is -2.76. The molecule has 0 spiro atoms. The number of carbonyl (C=O) groups is 2. The maximum atomic E-state index is 13.7. The fourth-order valence-electron chi connectivity index (χ4n) is 2.98. The topological polar surface area (TPSA) is 55.4 Å². The lowest BCUT2D eigenvalue weighted by molar-refractivity contribution is -0.151. The highest BCUT2D eigenvalue weighted by Gasteiger charge is 2.52. The number of rotatable bonds is 6. The van der Waals surface area contributed by atoms with Gasteiger partial charge in [-0.3, -0.25) is 9.59 Å². The Labute approximate surface area is 150 Å². The predicted molar refractivity (Wildman–Crippen MR) is 91.2 cm³/mol. The fourth-order valence-corrected chi connectivity index (χ4v) is 2.98. The summed E-state index contributed by atoms with van der Waals surface area (Å²) in [5.41, 5.74) is 0.386. The van der Waals surface area contributed by atoms with Gasteiger partial charge < -0.3 is 10.1 Å². The zero-order valence-electron chi connectivity index (χ0n) is 14.3. The average Bonchev–Trinajstić information content (AvgIpc) is 3.42. The number of carbonyl (C=O) groups excluding carboxylic acids is 2. The van der Waals surface area contributed by atoms with Crippen LogP contribution < -0.4 is 5.32 Å². The number of hydrogen-bond donors (Lipinski definition) is 1. The number of halogens is 2. The minimum absolute atomic E-state index is 0.161. The first kappa shape index (κ1) is 18.0. The van der Waals surface area contributed by atoms with E-state index in [0.717, 1.165) is 17.7 Å². The Morgan fingerprint density at radius 2 is 1.85 bits per heavy atom. The van der Waals surface area contributed by atoms with Crippen LogP contribution in [0.5, 0.6) is 0 Å². The predicted octanol–water partition coefficient (Wildman–Crippen LogP) is 3.42. The van der Waals surface area contributed by atoms with Crippen LogP contribution in [0, 0.1) is 11.6 Å². The lowest BCUT2D eigenvalue weighted by atomic mass is 9.96. The number of ether oxygens (including phenoxy) is 1.